The molecule has 2 bridgehead atoms. The second-order valence-corrected chi connectivity index (χ2v) is 10.5. The number of piperidine rings is 1. The van der Waals surface area contributed by atoms with Crippen molar-refractivity contribution in [2.24, 2.45) is 0 Å². The molecule has 1 fully saturated rings. The third-order valence-corrected chi connectivity index (χ3v) is 8.16. The van der Waals surface area contributed by atoms with Crippen molar-refractivity contribution in [3.63, 3.8) is 0 Å². The van der Waals surface area contributed by atoms with Gasteiger partial charge in [-0.3, -0.25) is 4.90 Å². The highest BCUT2D eigenvalue weighted by Gasteiger charge is 2.38. The minimum absolute atomic E-state index is 0.1000. The number of carbonyl (C=O) groups is 1. The maximum atomic E-state index is 13.4. The molecule has 4 nitrogen and oxygen atoms in total. The van der Waals surface area contributed by atoms with Gasteiger partial charge in [0.1, 0.15) is 6.61 Å². The molecule has 4 heteroatoms. The monoisotopic (exact) mass is 493 g/mol. The van der Waals surface area contributed by atoms with Gasteiger partial charge in [0.25, 0.3) is 0 Å². The lowest BCUT2D eigenvalue weighted by Gasteiger charge is -2.44. The van der Waals surface area contributed by atoms with Crippen molar-refractivity contribution in [2.45, 2.75) is 63.1 Å². The predicted molar refractivity (Wildman–Crippen MR) is 146 cm³/mol. The molecule has 6 rings (SSSR count). The number of nitrogens with zero attached hydrogens (tertiary/aromatic N) is 1. The number of amides is 1. The second-order valence-electron chi connectivity index (χ2n) is 10.5. The molecule has 0 saturated carbocycles. The molecule has 37 heavy (non-hydrogen) atoms. The smallest absolute Gasteiger partial charge is 0.410 e. The molecule has 3 aromatic carbocycles. The molecule has 1 aliphatic carbocycles. The highest BCUT2D eigenvalue weighted by molar-refractivity contribution is 5.79. The van der Waals surface area contributed by atoms with Crippen LogP contribution in [0.15, 0.2) is 90.5 Å². The second kappa shape index (κ2) is 10.9. The quantitative estimate of drug-likeness (QED) is 0.241. The van der Waals surface area contributed by atoms with Gasteiger partial charge < -0.3 is 9.47 Å². The average molecular weight is 494 g/mol. The Morgan fingerprint density at radius 2 is 1.57 bits per heavy atom. The van der Waals surface area contributed by atoms with Crippen LogP contribution < -0.4 is 0 Å². The molecule has 2 unspecified atom stereocenters. The fraction of sp³-hybridized carbons (Fsp3) is 0.364. The van der Waals surface area contributed by atoms with Crippen molar-refractivity contribution >= 4 is 6.09 Å². The van der Waals surface area contributed by atoms with Gasteiger partial charge in [0.15, 0.2) is 0 Å². The zero-order chi connectivity index (χ0) is 25.0. The molecular weight excluding hydrogens is 458 g/mol. The first kappa shape index (κ1) is 24.0. The Kier molecular flexibility index (Phi) is 7.09. The third-order valence-electron chi connectivity index (χ3n) is 8.16. The molecule has 3 aromatic rings. The summed E-state index contributed by atoms with van der Waals surface area (Å²) in [5.41, 5.74) is 7.72. The van der Waals surface area contributed by atoms with Crippen LogP contribution in [0.5, 0.6) is 0 Å². The molecule has 1 saturated heterocycles. The van der Waals surface area contributed by atoms with Crippen LogP contribution in [0.3, 0.4) is 0 Å². The van der Waals surface area contributed by atoms with E-state index in [0.29, 0.717) is 13.2 Å². The van der Waals surface area contributed by atoms with Crippen LogP contribution in [-0.2, 0) is 16.1 Å². The summed E-state index contributed by atoms with van der Waals surface area (Å²) in [6.07, 6.45) is 8.46. The number of benzene rings is 3. The lowest BCUT2D eigenvalue weighted by molar-refractivity contribution is 0.0503. The van der Waals surface area contributed by atoms with Crippen molar-refractivity contribution in [2.75, 3.05) is 13.2 Å². The summed E-state index contributed by atoms with van der Waals surface area (Å²) in [5.74, 6) is 0.1000. The number of ether oxygens (including phenoxy) is 2. The van der Waals surface area contributed by atoms with Gasteiger partial charge in [-0.25, -0.2) is 4.79 Å². The van der Waals surface area contributed by atoms with Crippen LogP contribution in [0.2, 0.25) is 0 Å². The largest absolute Gasteiger partial charge is 0.448 e. The minimum Gasteiger partial charge on any atom is -0.448 e. The summed E-state index contributed by atoms with van der Waals surface area (Å²) in [5, 5.41) is 0. The Labute approximate surface area is 219 Å². The van der Waals surface area contributed by atoms with Crippen molar-refractivity contribution in [1.82, 2.24) is 4.90 Å². The molecular formula is C33H35NO3. The average Bonchev–Trinajstić information content (AvgIpc) is 3.25. The van der Waals surface area contributed by atoms with Gasteiger partial charge in [0.05, 0.1) is 12.6 Å². The standard InChI is InChI=1S/C33H35NO3/c35-33(37-23-32-30-17-6-4-15-28(30)29-16-5-7-18-31(29)32)34-26-13-8-14-27(34)21-25(20-26)12-9-19-36-22-24-10-2-1-3-11-24/h1-7,10-11,15-18,20,26-27,32H,8-9,12-14,19,21-23H2. The maximum absolute atomic E-state index is 13.4. The third kappa shape index (κ3) is 5.08. The van der Waals surface area contributed by atoms with Gasteiger partial charge in [0.2, 0.25) is 0 Å². The van der Waals surface area contributed by atoms with Crippen LogP contribution >= 0.6 is 0 Å². The number of hydrogen-bond donors (Lipinski definition) is 0. The zero-order valence-electron chi connectivity index (χ0n) is 21.4. The molecule has 2 heterocycles. The van der Waals surface area contributed by atoms with Gasteiger partial charge in [-0.15, -0.1) is 0 Å². The van der Waals surface area contributed by atoms with Crippen molar-refractivity contribution in [3.8, 4) is 11.1 Å². The van der Waals surface area contributed by atoms with Gasteiger partial charge in [-0.2, -0.15) is 0 Å². The van der Waals surface area contributed by atoms with Crippen molar-refractivity contribution < 1.29 is 14.3 Å². The lowest BCUT2D eigenvalue weighted by Crippen LogP contribution is -2.52. The zero-order valence-corrected chi connectivity index (χ0v) is 21.4. The van der Waals surface area contributed by atoms with Gasteiger partial charge in [-0.05, 0) is 66.3 Å². The van der Waals surface area contributed by atoms with E-state index in [2.05, 4.69) is 66.7 Å². The molecule has 0 N–H and O–H groups in total. The lowest BCUT2D eigenvalue weighted by atomic mass is 9.84. The summed E-state index contributed by atoms with van der Waals surface area (Å²) >= 11 is 0. The molecule has 1 amide bonds. The SMILES string of the molecule is O=C(OCC1c2ccccc2-c2ccccc21)N1C2C=C(CCCOCc3ccccc3)CC1CCC2. The molecule has 3 aliphatic rings. The fourth-order valence-electron chi connectivity index (χ4n) is 6.42. The fourth-order valence-corrected chi connectivity index (χ4v) is 6.42. The van der Waals surface area contributed by atoms with E-state index in [0.717, 1.165) is 38.7 Å². The Morgan fingerprint density at radius 3 is 2.30 bits per heavy atom. The van der Waals surface area contributed by atoms with E-state index in [1.165, 1.54) is 39.8 Å². The van der Waals surface area contributed by atoms with Gasteiger partial charge in [-0.1, -0.05) is 90.5 Å². The first-order valence-electron chi connectivity index (χ1n) is 13.7. The van der Waals surface area contributed by atoms with E-state index in [1.54, 1.807) is 0 Å². The van der Waals surface area contributed by atoms with Crippen LogP contribution in [0.25, 0.3) is 11.1 Å². The van der Waals surface area contributed by atoms with E-state index < -0.39 is 0 Å². The Bertz CT molecular complexity index is 1220. The van der Waals surface area contributed by atoms with E-state index >= 15 is 0 Å². The summed E-state index contributed by atoms with van der Waals surface area (Å²) in [4.78, 5) is 15.4. The van der Waals surface area contributed by atoms with E-state index in [4.69, 9.17) is 9.47 Å². The summed E-state index contributed by atoms with van der Waals surface area (Å²) in [6.45, 7) is 1.82. The normalized spacial score (nSPS) is 20.2. The topological polar surface area (TPSA) is 38.8 Å². The van der Waals surface area contributed by atoms with Crippen LogP contribution in [-0.4, -0.2) is 36.3 Å². The molecule has 2 aliphatic heterocycles. The molecule has 0 spiro atoms. The van der Waals surface area contributed by atoms with E-state index in [9.17, 15) is 4.79 Å². The van der Waals surface area contributed by atoms with Crippen molar-refractivity contribution in [3.05, 3.63) is 107 Å². The summed E-state index contributed by atoms with van der Waals surface area (Å²) in [7, 11) is 0. The van der Waals surface area contributed by atoms with Gasteiger partial charge in [0, 0.05) is 18.6 Å². The highest BCUT2D eigenvalue weighted by atomic mass is 16.6. The number of fused-ring (bicyclic) bond motifs is 5. The van der Waals surface area contributed by atoms with Crippen LogP contribution in [0.1, 0.15) is 61.1 Å². The summed E-state index contributed by atoms with van der Waals surface area (Å²) in [6, 6.07) is 27.7. The predicted octanol–water partition coefficient (Wildman–Crippen LogP) is 7.49. The van der Waals surface area contributed by atoms with E-state index in [1.807, 2.05) is 23.1 Å². The van der Waals surface area contributed by atoms with Crippen LogP contribution in [0.4, 0.5) is 4.79 Å². The molecule has 0 aromatic heterocycles. The van der Waals surface area contributed by atoms with Crippen molar-refractivity contribution in [1.29, 1.82) is 0 Å². The Morgan fingerprint density at radius 1 is 0.865 bits per heavy atom. The Hall–Kier alpha value is -3.37. The summed E-state index contributed by atoms with van der Waals surface area (Å²) < 4.78 is 11.9. The molecule has 2 atom stereocenters. The molecule has 0 radical (unpaired) electrons. The minimum atomic E-state index is -0.155. The Balaban J connectivity index is 1.05. The number of rotatable bonds is 8. The van der Waals surface area contributed by atoms with Crippen LogP contribution in [0, 0.1) is 0 Å². The van der Waals surface area contributed by atoms with Gasteiger partial charge >= 0.3 is 6.09 Å². The first-order valence-corrected chi connectivity index (χ1v) is 13.7. The number of hydrogen-bond acceptors (Lipinski definition) is 3. The molecule has 190 valence electrons. The van der Waals surface area contributed by atoms with E-state index in [-0.39, 0.29) is 24.1 Å². The first-order chi connectivity index (χ1) is 18.3. The highest BCUT2D eigenvalue weighted by Crippen LogP contribution is 2.45. The maximum Gasteiger partial charge on any atom is 0.410 e. The number of carbonyl (C=O) groups excluding carboxylic acids is 1.